The highest BCUT2D eigenvalue weighted by Crippen LogP contribution is 2.28. The average Bonchev–Trinajstić information content (AvgIpc) is 2.62. The van der Waals surface area contributed by atoms with E-state index in [2.05, 4.69) is 0 Å². The Morgan fingerprint density at radius 1 is 1.08 bits per heavy atom. The van der Waals surface area contributed by atoms with Crippen molar-refractivity contribution < 1.29 is 14.3 Å². The van der Waals surface area contributed by atoms with Crippen molar-refractivity contribution in [1.82, 2.24) is 0 Å². The quantitative estimate of drug-likeness (QED) is 0.535. The van der Waals surface area contributed by atoms with Gasteiger partial charge in [-0.3, -0.25) is 0 Å². The minimum atomic E-state index is -0.453. The topological polar surface area (TPSA) is 59.7 Å². The van der Waals surface area contributed by atoms with Crippen molar-refractivity contribution in [1.29, 1.82) is 0 Å². The van der Waals surface area contributed by atoms with Crippen molar-refractivity contribution in [3.05, 3.63) is 69.6 Å². The molecule has 3 aromatic rings. The summed E-state index contributed by atoms with van der Waals surface area (Å²) < 4.78 is 10.7. The van der Waals surface area contributed by atoms with Gasteiger partial charge in [-0.2, -0.15) is 0 Å². The van der Waals surface area contributed by atoms with Crippen LogP contribution >= 0.6 is 0 Å². The van der Waals surface area contributed by atoms with Gasteiger partial charge in [-0.25, -0.2) is 4.79 Å². The minimum Gasteiger partial charge on any atom is -0.507 e. The molecule has 0 saturated heterocycles. The van der Waals surface area contributed by atoms with Gasteiger partial charge in [0.1, 0.15) is 17.1 Å². The van der Waals surface area contributed by atoms with Gasteiger partial charge in [-0.05, 0) is 56.4 Å². The van der Waals surface area contributed by atoms with Gasteiger partial charge in [0.15, 0.2) is 0 Å². The van der Waals surface area contributed by atoms with Gasteiger partial charge in [0, 0.05) is 0 Å². The maximum atomic E-state index is 12.2. The fourth-order valence-electron chi connectivity index (χ4n) is 3.09. The molecule has 25 heavy (non-hydrogen) atoms. The number of benzene rings is 2. The summed E-state index contributed by atoms with van der Waals surface area (Å²) in [5, 5.41) is 11.1. The van der Waals surface area contributed by atoms with Crippen LogP contribution in [0.3, 0.4) is 0 Å². The molecule has 0 bridgehead atoms. The van der Waals surface area contributed by atoms with Crippen molar-refractivity contribution in [2.45, 2.75) is 32.6 Å². The second-order valence-corrected chi connectivity index (χ2v) is 6.24. The van der Waals surface area contributed by atoms with E-state index in [0.717, 1.165) is 36.1 Å². The van der Waals surface area contributed by atoms with Crippen LogP contribution in [0.15, 0.2) is 51.7 Å². The van der Waals surface area contributed by atoms with Crippen LogP contribution in [0.1, 0.15) is 29.5 Å². The van der Waals surface area contributed by atoms with E-state index in [4.69, 9.17) is 9.15 Å². The van der Waals surface area contributed by atoms with Crippen molar-refractivity contribution in [2.75, 3.05) is 7.11 Å². The van der Waals surface area contributed by atoms with Gasteiger partial charge in [0.2, 0.25) is 0 Å². The monoisotopic (exact) mass is 338 g/mol. The first-order valence-corrected chi connectivity index (χ1v) is 8.47. The molecule has 0 amide bonds. The fraction of sp³-hybridized carbons (Fsp3) is 0.286. The third-order valence-electron chi connectivity index (χ3n) is 4.44. The Balaban J connectivity index is 1.72. The van der Waals surface area contributed by atoms with E-state index in [0.29, 0.717) is 23.0 Å². The molecule has 3 rings (SSSR count). The van der Waals surface area contributed by atoms with E-state index >= 15 is 0 Å². The molecule has 2 aromatic carbocycles. The summed E-state index contributed by atoms with van der Waals surface area (Å²) in [5.74, 6) is 0.929. The second-order valence-electron chi connectivity index (χ2n) is 6.24. The molecule has 4 heteroatoms. The minimum absolute atomic E-state index is 0.0484. The first kappa shape index (κ1) is 17.1. The molecule has 1 N–H and O–H groups in total. The van der Waals surface area contributed by atoms with Gasteiger partial charge in [0.25, 0.3) is 0 Å². The summed E-state index contributed by atoms with van der Waals surface area (Å²) >= 11 is 0. The van der Waals surface area contributed by atoms with E-state index in [-0.39, 0.29) is 5.75 Å². The largest absolute Gasteiger partial charge is 0.507 e. The number of ether oxygens (including phenoxy) is 1. The second kappa shape index (κ2) is 7.43. The first-order valence-electron chi connectivity index (χ1n) is 8.47. The summed E-state index contributed by atoms with van der Waals surface area (Å²) in [5.41, 5.74) is 2.49. The van der Waals surface area contributed by atoms with Gasteiger partial charge in [-0.15, -0.1) is 0 Å². The molecule has 1 aromatic heterocycles. The Labute approximate surface area is 146 Å². The Morgan fingerprint density at radius 3 is 2.64 bits per heavy atom. The molecule has 0 fully saturated rings. The Kier molecular flexibility index (Phi) is 5.08. The molecule has 0 radical (unpaired) electrons. The summed E-state index contributed by atoms with van der Waals surface area (Å²) in [6.07, 6.45) is 3.04. The van der Waals surface area contributed by atoms with Crippen LogP contribution in [0.2, 0.25) is 0 Å². The average molecular weight is 338 g/mol. The standard InChI is InChI=1S/C21H22O4/c1-14-11-12-19-17(13-14)20(22)16(21(23)25-19)9-5-3-7-15-8-4-6-10-18(15)24-2/h4,6,8,10-13,22H,3,5,7,9H2,1-2H3. The van der Waals surface area contributed by atoms with Gasteiger partial charge >= 0.3 is 5.63 Å². The molecule has 0 aliphatic carbocycles. The van der Waals surface area contributed by atoms with Crippen LogP contribution in [0.4, 0.5) is 0 Å². The molecule has 0 aliphatic rings. The highest BCUT2D eigenvalue weighted by Gasteiger charge is 2.14. The van der Waals surface area contributed by atoms with E-state index in [1.54, 1.807) is 13.2 Å². The molecule has 0 spiro atoms. The number of unbranched alkanes of at least 4 members (excludes halogenated alkanes) is 1. The molecular weight excluding hydrogens is 316 g/mol. The maximum absolute atomic E-state index is 12.2. The van der Waals surface area contributed by atoms with Crippen molar-refractivity contribution in [2.24, 2.45) is 0 Å². The third kappa shape index (κ3) is 3.68. The lowest BCUT2D eigenvalue weighted by molar-refractivity contribution is 0.408. The van der Waals surface area contributed by atoms with Gasteiger partial charge < -0.3 is 14.3 Å². The molecular formula is C21H22O4. The van der Waals surface area contributed by atoms with Crippen LogP contribution in [0.5, 0.6) is 11.5 Å². The molecule has 0 aliphatic heterocycles. The lowest BCUT2D eigenvalue weighted by Crippen LogP contribution is -2.08. The molecule has 0 unspecified atom stereocenters. The van der Waals surface area contributed by atoms with Crippen LogP contribution in [0, 0.1) is 6.92 Å². The molecule has 1 heterocycles. The smallest absolute Gasteiger partial charge is 0.343 e. The number of hydrogen-bond donors (Lipinski definition) is 1. The Hall–Kier alpha value is -2.75. The van der Waals surface area contributed by atoms with Crippen LogP contribution in [-0.4, -0.2) is 12.2 Å². The number of fused-ring (bicyclic) bond motifs is 1. The van der Waals surface area contributed by atoms with E-state index < -0.39 is 5.63 Å². The number of aryl methyl sites for hydroxylation is 2. The predicted molar refractivity (Wildman–Crippen MR) is 98.5 cm³/mol. The number of methoxy groups -OCH3 is 1. The van der Waals surface area contributed by atoms with Crippen molar-refractivity contribution >= 4 is 11.0 Å². The highest BCUT2D eigenvalue weighted by molar-refractivity contribution is 5.84. The molecule has 0 atom stereocenters. The summed E-state index contributed by atoms with van der Waals surface area (Å²) in [6, 6.07) is 13.3. The number of para-hydroxylation sites is 1. The van der Waals surface area contributed by atoms with E-state index in [9.17, 15) is 9.90 Å². The van der Waals surface area contributed by atoms with Crippen molar-refractivity contribution in [3.8, 4) is 11.5 Å². The first-order chi connectivity index (χ1) is 12.1. The lowest BCUT2D eigenvalue weighted by atomic mass is 10.0. The number of aromatic hydroxyl groups is 1. The van der Waals surface area contributed by atoms with E-state index in [1.165, 1.54) is 0 Å². The van der Waals surface area contributed by atoms with Gasteiger partial charge in [-0.1, -0.05) is 29.8 Å². The number of rotatable bonds is 6. The molecule has 130 valence electrons. The normalized spacial score (nSPS) is 11.0. The highest BCUT2D eigenvalue weighted by atomic mass is 16.5. The molecule has 0 saturated carbocycles. The number of hydrogen-bond acceptors (Lipinski definition) is 4. The van der Waals surface area contributed by atoms with Crippen LogP contribution in [-0.2, 0) is 12.8 Å². The zero-order valence-corrected chi connectivity index (χ0v) is 14.5. The fourth-order valence-corrected chi connectivity index (χ4v) is 3.09. The van der Waals surface area contributed by atoms with Crippen LogP contribution < -0.4 is 10.4 Å². The third-order valence-corrected chi connectivity index (χ3v) is 4.44. The molecule has 4 nitrogen and oxygen atoms in total. The zero-order chi connectivity index (χ0) is 17.8. The van der Waals surface area contributed by atoms with Crippen LogP contribution in [0.25, 0.3) is 11.0 Å². The Bertz CT molecular complexity index is 940. The lowest BCUT2D eigenvalue weighted by Gasteiger charge is -2.09. The predicted octanol–water partition coefficient (Wildman–Crippen LogP) is 4.38. The summed E-state index contributed by atoms with van der Waals surface area (Å²) in [6.45, 7) is 1.94. The summed E-state index contributed by atoms with van der Waals surface area (Å²) in [7, 11) is 1.67. The maximum Gasteiger partial charge on any atom is 0.343 e. The Morgan fingerprint density at radius 2 is 1.84 bits per heavy atom. The SMILES string of the molecule is COc1ccccc1CCCCc1c(O)c2cc(C)ccc2oc1=O. The van der Waals surface area contributed by atoms with Gasteiger partial charge in [0.05, 0.1) is 18.1 Å². The van der Waals surface area contributed by atoms with E-state index in [1.807, 2.05) is 43.3 Å². The van der Waals surface area contributed by atoms with Crippen molar-refractivity contribution in [3.63, 3.8) is 0 Å². The zero-order valence-electron chi connectivity index (χ0n) is 14.5. The summed E-state index contributed by atoms with van der Waals surface area (Å²) in [4.78, 5) is 12.2.